The Morgan fingerprint density at radius 1 is 1.53 bits per heavy atom. The lowest BCUT2D eigenvalue weighted by Crippen LogP contribution is -2.31. The summed E-state index contributed by atoms with van der Waals surface area (Å²) in [5.41, 5.74) is 2.89. The maximum Gasteiger partial charge on any atom is 0.0910 e. The molecular weight excluding hydrogens is 226 g/mol. The number of thioether (sulfide) groups is 1. The van der Waals surface area contributed by atoms with Crippen molar-refractivity contribution in [1.29, 1.82) is 0 Å². The van der Waals surface area contributed by atoms with Crippen molar-refractivity contribution in [2.45, 2.75) is 29.9 Å². The SMILES string of the molecule is CC1CNC2(CCc3cc(Cl)ccc32)S1. The maximum absolute atomic E-state index is 6.02. The Morgan fingerprint density at radius 3 is 3.13 bits per heavy atom. The summed E-state index contributed by atoms with van der Waals surface area (Å²) in [5.74, 6) is 0. The first-order chi connectivity index (χ1) is 7.20. The summed E-state index contributed by atoms with van der Waals surface area (Å²) in [7, 11) is 0. The maximum atomic E-state index is 6.02. The van der Waals surface area contributed by atoms with Gasteiger partial charge in [-0.3, -0.25) is 5.32 Å². The summed E-state index contributed by atoms with van der Waals surface area (Å²) in [6, 6.07) is 6.33. The van der Waals surface area contributed by atoms with Crippen LogP contribution in [0.4, 0.5) is 0 Å². The number of fused-ring (bicyclic) bond motifs is 2. The van der Waals surface area contributed by atoms with Crippen LogP contribution in [0.5, 0.6) is 0 Å². The van der Waals surface area contributed by atoms with Crippen molar-refractivity contribution >= 4 is 23.4 Å². The fraction of sp³-hybridized carbons (Fsp3) is 0.500. The molecule has 1 spiro atoms. The minimum absolute atomic E-state index is 0.194. The molecule has 3 heteroatoms. The van der Waals surface area contributed by atoms with Gasteiger partial charge in [0.1, 0.15) is 0 Å². The van der Waals surface area contributed by atoms with Gasteiger partial charge in [-0.2, -0.15) is 0 Å². The van der Waals surface area contributed by atoms with E-state index >= 15 is 0 Å². The highest BCUT2D eigenvalue weighted by molar-refractivity contribution is 8.01. The molecule has 1 aliphatic heterocycles. The zero-order valence-corrected chi connectivity index (χ0v) is 10.3. The summed E-state index contributed by atoms with van der Waals surface area (Å²) in [6.45, 7) is 3.41. The molecule has 0 bridgehead atoms. The first-order valence-corrected chi connectivity index (χ1v) is 6.67. The quantitative estimate of drug-likeness (QED) is 0.747. The number of nitrogens with one attached hydrogen (secondary N) is 1. The molecule has 0 amide bonds. The average molecular weight is 240 g/mol. The number of aryl methyl sites for hydroxylation is 1. The van der Waals surface area contributed by atoms with E-state index in [1.54, 1.807) is 0 Å². The molecule has 1 aromatic rings. The first-order valence-electron chi connectivity index (χ1n) is 5.41. The summed E-state index contributed by atoms with van der Waals surface area (Å²) in [5, 5.41) is 5.25. The van der Waals surface area contributed by atoms with Crippen LogP contribution in [-0.4, -0.2) is 11.8 Å². The average Bonchev–Trinajstić information content (AvgIpc) is 2.73. The molecule has 1 aliphatic carbocycles. The van der Waals surface area contributed by atoms with Crippen LogP contribution in [-0.2, 0) is 11.3 Å². The smallest absolute Gasteiger partial charge is 0.0910 e. The summed E-state index contributed by atoms with van der Waals surface area (Å²) >= 11 is 8.09. The van der Waals surface area contributed by atoms with E-state index in [9.17, 15) is 0 Å². The van der Waals surface area contributed by atoms with Crippen LogP contribution < -0.4 is 5.32 Å². The fourth-order valence-electron chi connectivity index (χ4n) is 2.65. The Balaban J connectivity index is 2.04. The van der Waals surface area contributed by atoms with Crippen molar-refractivity contribution < 1.29 is 0 Å². The van der Waals surface area contributed by atoms with Gasteiger partial charge >= 0.3 is 0 Å². The number of halogens is 1. The second-order valence-electron chi connectivity index (χ2n) is 4.44. The third-order valence-electron chi connectivity index (χ3n) is 3.33. The van der Waals surface area contributed by atoms with Crippen LogP contribution in [0.2, 0.25) is 5.02 Å². The lowest BCUT2D eigenvalue weighted by Gasteiger charge is -2.24. The Hall–Kier alpha value is -0.180. The van der Waals surface area contributed by atoms with Gasteiger partial charge in [-0.1, -0.05) is 24.6 Å². The van der Waals surface area contributed by atoms with Gasteiger partial charge in [0.25, 0.3) is 0 Å². The molecule has 2 atom stereocenters. The van der Waals surface area contributed by atoms with E-state index in [4.69, 9.17) is 11.6 Å². The van der Waals surface area contributed by atoms with Gasteiger partial charge in [-0.15, -0.1) is 11.8 Å². The van der Waals surface area contributed by atoms with Gasteiger partial charge in [-0.05, 0) is 36.1 Å². The number of rotatable bonds is 0. The second kappa shape index (κ2) is 3.41. The molecule has 1 N–H and O–H groups in total. The number of hydrogen-bond acceptors (Lipinski definition) is 2. The van der Waals surface area contributed by atoms with E-state index in [0.29, 0.717) is 5.25 Å². The summed E-state index contributed by atoms with van der Waals surface area (Å²) in [4.78, 5) is 0.194. The van der Waals surface area contributed by atoms with Crippen molar-refractivity contribution in [3.8, 4) is 0 Å². The predicted molar refractivity (Wildman–Crippen MR) is 66.5 cm³/mol. The Bertz CT molecular complexity index is 407. The highest BCUT2D eigenvalue weighted by atomic mass is 35.5. The number of hydrogen-bond donors (Lipinski definition) is 1. The minimum Gasteiger partial charge on any atom is -0.298 e. The van der Waals surface area contributed by atoms with Crippen LogP contribution in [0.15, 0.2) is 18.2 Å². The molecule has 15 heavy (non-hydrogen) atoms. The largest absolute Gasteiger partial charge is 0.298 e. The Kier molecular flexibility index (Phi) is 2.27. The third-order valence-corrected chi connectivity index (χ3v) is 5.10. The summed E-state index contributed by atoms with van der Waals surface area (Å²) < 4.78 is 0. The van der Waals surface area contributed by atoms with Crippen molar-refractivity contribution in [2.24, 2.45) is 0 Å². The topological polar surface area (TPSA) is 12.0 Å². The molecule has 3 rings (SSSR count). The van der Waals surface area contributed by atoms with E-state index in [1.807, 2.05) is 6.07 Å². The number of benzene rings is 1. The van der Waals surface area contributed by atoms with Gasteiger partial charge in [0.15, 0.2) is 0 Å². The minimum atomic E-state index is 0.194. The van der Waals surface area contributed by atoms with Crippen LogP contribution in [0.3, 0.4) is 0 Å². The molecule has 2 aliphatic rings. The third kappa shape index (κ3) is 1.50. The zero-order chi connectivity index (χ0) is 10.5. The van der Waals surface area contributed by atoms with Crippen LogP contribution in [0.1, 0.15) is 24.5 Å². The summed E-state index contributed by atoms with van der Waals surface area (Å²) in [6.07, 6.45) is 2.36. The Morgan fingerprint density at radius 2 is 2.40 bits per heavy atom. The predicted octanol–water partition coefficient (Wildman–Crippen LogP) is 3.16. The van der Waals surface area contributed by atoms with E-state index < -0.39 is 0 Å². The monoisotopic (exact) mass is 239 g/mol. The molecule has 80 valence electrons. The normalized spacial score (nSPS) is 33.6. The molecule has 1 saturated heterocycles. The highest BCUT2D eigenvalue weighted by Crippen LogP contribution is 2.50. The standard InChI is InChI=1S/C12H14ClNS/c1-8-7-14-12(15-8)5-4-9-6-10(13)2-3-11(9)12/h2-3,6,8,14H,4-5,7H2,1H3. The van der Waals surface area contributed by atoms with Crippen LogP contribution in [0, 0.1) is 0 Å². The van der Waals surface area contributed by atoms with E-state index in [2.05, 4.69) is 36.1 Å². The molecular formula is C12H14ClNS. The molecule has 1 heterocycles. The van der Waals surface area contributed by atoms with Crippen molar-refractivity contribution in [2.75, 3.05) is 6.54 Å². The second-order valence-corrected chi connectivity index (χ2v) is 6.61. The Labute approximate surface area is 99.6 Å². The van der Waals surface area contributed by atoms with E-state index in [0.717, 1.165) is 18.0 Å². The highest BCUT2D eigenvalue weighted by Gasteiger charge is 2.43. The van der Waals surface area contributed by atoms with Gasteiger partial charge in [0.2, 0.25) is 0 Å². The molecule has 1 fully saturated rings. The molecule has 1 aromatic carbocycles. The van der Waals surface area contributed by atoms with Crippen molar-refractivity contribution in [3.63, 3.8) is 0 Å². The molecule has 0 radical (unpaired) electrons. The molecule has 0 aromatic heterocycles. The van der Waals surface area contributed by atoms with Gasteiger partial charge in [-0.25, -0.2) is 0 Å². The van der Waals surface area contributed by atoms with Gasteiger partial charge in [0, 0.05) is 16.8 Å². The van der Waals surface area contributed by atoms with E-state index in [-0.39, 0.29) is 4.87 Å². The van der Waals surface area contributed by atoms with Gasteiger partial charge in [0.05, 0.1) is 4.87 Å². The van der Waals surface area contributed by atoms with E-state index in [1.165, 1.54) is 17.5 Å². The molecule has 0 saturated carbocycles. The zero-order valence-electron chi connectivity index (χ0n) is 8.72. The van der Waals surface area contributed by atoms with Crippen LogP contribution in [0.25, 0.3) is 0 Å². The lowest BCUT2D eigenvalue weighted by molar-refractivity contribution is 0.515. The molecule has 2 unspecified atom stereocenters. The van der Waals surface area contributed by atoms with Crippen LogP contribution >= 0.6 is 23.4 Å². The van der Waals surface area contributed by atoms with Crippen molar-refractivity contribution in [3.05, 3.63) is 34.3 Å². The first kappa shape index (κ1) is 10.0. The molecule has 1 nitrogen and oxygen atoms in total. The van der Waals surface area contributed by atoms with Crippen molar-refractivity contribution in [1.82, 2.24) is 5.32 Å². The lowest BCUT2D eigenvalue weighted by atomic mass is 10.1. The van der Waals surface area contributed by atoms with Gasteiger partial charge < -0.3 is 0 Å². The fourth-order valence-corrected chi connectivity index (χ4v) is 4.41.